The second kappa shape index (κ2) is 8.19. The standard InChI is InChI=1S/C10H20O10S2/c11-1-6(20-22(17,18)19)5(14)4-21-7(2-12)9(15)10(16)8(21)3-13/h5-16H,1-4H2/p+1/t5-,6+,7+,8+,9-,10-/m1/s1. The van der Waals surface area contributed by atoms with E-state index in [0.29, 0.717) is 0 Å². The molecule has 1 aliphatic heterocycles. The molecule has 1 rings (SSSR count). The first-order chi connectivity index (χ1) is 10.2. The molecule has 0 radical (unpaired) electrons. The van der Waals surface area contributed by atoms with Gasteiger partial charge in [-0.2, -0.15) is 8.42 Å². The second-order valence-corrected chi connectivity index (χ2v) is 8.40. The van der Waals surface area contributed by atoms with Crippen LogP contribution in [0.2, 0.25) is 0 Å². The molecule has 1 aliphatic rings. The highest BCUT2D eigenvalue weighted by Crippen LogP contribution is 2.31. The molecule has 132 valence electrons. The number of hydrogen-bond donors (Lipinski definition) is 7. The van der Waals surface area contributed by atoms with Crippen LogP contribution in [-0.4, -0.2) is 104 Å². The van der Waals surface area contributed by atoms with Crippen LogP contribution in [0.3, 0.4) is 0 Å². The van der Waals surface area contributed by atoms with E-state index in [2.05, 4.69) is 4.18 Å². The van der Waals surface area contributed by atoms with Gasteiger partial charge in [0.05, 0.1) is 19.8 Å². The summed E-state index contributed by atoms with van der Waals surface area (Å²) in [4.78, 5) is 0. The van der Waals surface area contributed by atoms with Gasteiger partial charge in [-0.05, 0) is 0 Å². The normalized spacial score (nSPS) is 35.5. The minimum Gasteiger partial charge on any atom is -0.394 e. The fourth-order valence-electron chi connectivity index (χ4n) is 2.35. The fourth-order valence-corrected chi connectivity index (χ4v) is 5.83. The molecule has 12 heteroatoms. The van der Waals surface area contributed by atoms with Crippen molar-refractivity contribution in [2.24, 2.45) is 0 Å². The van der Waals surface area contributed by atoms with Crippen LogP contribution in [0.15, 0.2) is 0 Å². The molecule has 0 unspecified atom stereocenters. The summed E-state index contributed by atoms with van der Waals surface area (Å²) in [5.41, 5.74) is 0. The zero-order valence-electron chi connectivity index (χ0n) is 11.5. The van der Waals surface area contributed by atoms with Crippen molar-refractivity contribution in [3.05, 3.63) is 0 Å². The summed E-state index contributed by atoms with van der Waals surface area (Å²) in [6, 6.07) is 0. The Morgan fingerprint density at radius 1 is 1.05 bits per heavy atom. The minimum atomic E-state index is -4.89. The Balaban J connectivity index is 2.84. The Morgan fingerprint density at radius 2 is 1.50 bits per heavy atom. The highest BCUT2D eigenvalue weighted by Gasteiger charge is 2.57. The zero-order valence-corrected chi connectivity index (χ0v) is 13.1. The number of hydrogen-bond acceptors (Lipinski definition) is 9. The predicted molar refractivity (Wildman–Crippen MR) is 75.5 cm³/mol. The summed E-state index contributed by atoms with van der Waals surface area (Å²) in [6.45, 7) is -1.92. The topological polar surface area (TPSA) is 185 Å². The summed E-state index contributed by atoms with van der Waals surface area (Å²) >= 11 is 0. The maximum Gasteiger partial charge on any atom is 0.397 e. The number of aliphatic hydroxyl groups is 6. The first-order valence-corrected chi connectivity index (χ1v) is 9.25. The molecule has 0 spiro atoms. The van der Waals surface area contributed by atoms with Crippen molar-refractivity contribution < 1.29 is 47.8 Å². The highest BCUT2D eigenvalue weighted by atomic mass is 32.3. The Bertz CT molecular complexity index is 427. The minimum absolute atomic E-state index is 0.245. The lowest BCUT2D eigenvalue weighted by Crippen LogP contribution is -2.44. The van der Waals surface area contributed by atoms with E-state index in [1.165, 1.54) is 0 Å². The quantitative estimate of drug-likeness (QED) is 0.164. The van der Waals surface area contributed by atoms with Gasteiger partial charge < -0.3 is 30.6 Å². The van der Waals surface area contributed by atoms with E-state index in [1.807, 2.05) is 0 Å². The van der Waals surface area contributed by atoms with Gasteiger partial charge in [0.25, 0.3) is 0 Å². The summed E-state index contributed by atoms with van der Waals surface area (Å²) in [7, 11) is -5.95. The Hall–Kier alpha value is -0.0200. The van der Waals surface area contributed by atoms with Gasteiger partial charge in [0.2, 0.25) is 0 Å². The van der Waals surface area contributed by atoms with Crippen molar-refractivity contribution in [3.8, 4) is 0 Å². The molecule has 1 heterocycles. The lowest BCUT2D eigenvalue weighted by atomic mass is 10.1. The van der Waals surface area contributed by atoms with Gasteiger partial charge in [-0.1, -0.05) is 0 Å². The van der Waals surface area contributed by atoms with Gasteiger partial charge in [0.15, 0.2) is 10.5 Å². The molecular formula is C10H21O10S2+. The van der Waals surface area contributed by atoms with Gasteiger partial charge >= 0.3 is 10.4 Å². The molecule has 6 atom stereocenters. The maximum absolute atomic E-state index is 10.6. The zero-order chi connectivity index (χ0) is 17.1. The van der Waals surface area contributed by atoms with E-state index in [-0.39, 0.29) is 5.75 Å². The molecule has 0 amide bonds. The smallest absolute Gasteiger partial charge is 0.394 e. The molecule has 0 aromatic carbocycles. The average Bonchev–Trinajstić information content (AvgIpc) is 2.66. The summed E-state index contributed by atoms with van der Waals surface area (Å²) in [5.74, 6) is -0.245. The van der Waals surface area contributed by atoms with Crippen LogP contribution in [0.4, 0.5) is 0 Å². The van der Waals surface area contributed by atoms with E-state index in [1.54, 1.807) is 0 Å². The molecule has 0 aromatic rings. The lowest BCUT2D eigenvalue weighted by Gasteiger charge is -2.22. The van der Waals surface area contributed by atoms with Gasteiger partial charge in [0, 0.05) is 10.9 Å². The molecule has 1 saturated heterocycles. The first kappa shape index (κ1) is 20.0. The van der Waals surface area contributed by atoms with Crippen molar-refractivity contribution in [1.82, 2.24) is 0 Å². The van der Waals surface area contributed by atoms with Gasteiger partial charge in [-0.25, -0.2) is 4.18 Å². The van der Waals surface area contributed by atoms with Crippen LogP contribution in [0, 0.1) is 0 Å². The molecule has 7 N–H and O–H groups in total. The predicted octanol–water partition coefficient (Wildman–Crippen LogP) is -4.40. The van der Waals surface area contributed by atoms with Crippen molar-refractivity contribution >= 4 is 21.3 Å². The van der Waals surface area contributed by atoms with Crippen LogP contribution in [0.5, 0.6) is 0 Å². The van der Waals surface area contributed by atoms with Crippen molar-refractivity contribution in [1.29, 1.82) is 0 Å². The summed E-state index contributed by atoms with van der Waals surface area (Å²) in [5, 5.41) is 55.6. The number of rotatable bonds is 8. The van der Waals surface area contributed by atoms with Gasteiger partial charge in [0.1, 0.15) is 30.2 Å². The van der Waals surface area contributed by atoms with Gasteiger partial charge in [-0.3, -0.25) is 4.55 Å². The summed E-state index contributed by atoms with van der Waals surface area (Å²) < 4.78 is 34.0. The highest BCUT2D eigenvalue weighted by molar-refractivity contribution is 7.98. The van der Waals surface area contributed by atoms with Crippen molar-refractivity contribution in [2.75, 3.05) is 25.6 Å². The fraction of sp³-hybridized carbons (Fsp3) is 1.00. The Labute approximate surface area is 130 Å². The molecule has 0 aromatic heterocycles. The molecular weight excluding hydrogens is 344 g/mol. The van der Waals surface area contributed by atoms with E-state index in [0.717, 1.165) is 0 Å². The third-order valence-electron chi connectivity index (χ3n) is 3.47. The molecule has 0 bridgehead atoms. The van der Waals surface area contributed by atoms with E-state index < -0.39 is 76.0 Å². The molecule has 0 aliphatic carbocycles. The monoisotopic (exact) mass is 365 g/mol. The third-order valence-corrected chi connectivity index (χ3v) is 7.10. The van der Waals surface area contributed by atoms with Crippen LogP contribution >= 0.6 is 0 Å². The Kier molecular flexibility index (Phi) is 7.45. The lowest BCUT2D eigenvalue weighted by molar-refractivity contribution is 0.0112. The van der Waals surface area contributed by atoms with Crippen LogP contribution in [0.1, 0.15) is 0 Å². The van der Waals surface area contributed by atoms with Crippen LogP contribution < -0.4 is 0 Å². The van der Waals surface area contributed by atoms with Crippen LogP contribution in [-0.2, 0) is 25.5 Å². The second-order valence-electron chi connectivity index (χ2n) is 4.87. The molecule has 10 nitrogen and oxygen atoms in total. The SMILES string of the molecule is O=S(=O)(O)O[C@@H](CO)[C@H](O)C[S+]1[C@@H](CO)[C@@H](O)[C@H](O)[C@@H]1CO. The molecule has 22 heavy (non-hydrogen) atoms. The number of aliphatic hydroxyl groups excluding tert-OH is 6. The third kappa shape index (κ3) is 4.74. The maximum atomic E-state index is 10.6. The largest absolute Gasteiger partial charge is 0.397 e. The van der Waals surface area contributed by atoms with Crippen molar-refractivity contribution in [2.45, 2.75) is 34.9 Å². The van der Waals surface area contributed by atoms with E-state index in [9.17, 15) is 34.0 Å². The molecule has 1 fully saturated rings. The first-order valence-electron chi connectivity index (χ1n) is 6.37. The Morgan fingerprint density at radius 3 is 1.82 bits per heavy atom. The summed E-state index contributed by atoms with van der Waals surface area (Å²) in [6.07, 6.45) is -5.80. The average molecular weight is 365 g/mol. The van der Waals surface area contributed by atoms with E-state index >= 15 is 0 Å². The van der Waals surface area contributed by atoms with E-state index in [4.69, 9.17) is 9.66 Å². The van der Waals surface area contributed by atoms with Crippen molar-refractivity contribution in [3.63, 3.8) is 0 Å². The van der Waals surface area contributed by atoms with Crippen LogP contribution in [0.25, 0.3) is 0 Å². The molecule has 0 saturated carbocycles. The van der Waals surface area contributed by atoms with Gasteiger partial charge in [-0.15, -0.1) is 0 Å².